The molecule has 0 atom stereocenters. The maximum absolute atomic E-state index is 14.0. The average Bonchev–Trinajstić information content (AvgIpc) is 3.34. The van der Waals surface area contributed by atoms with Crippen molar-refractivity contribution in [2.45, 2.75) is 4.90 Å². The number of benzene rings is 3. The molecule has 0 saturated carbocycles. The van der Waals surface area contributed by atoms with Crippen LogP contribution in [0.2, 0.25) is 0 Å². The summed E-state index contributed by atoms with van der Waals surface area (Å²) < 4.78 is 69.0. The Morgan fingerprint density at radius 2 is 1.67 bits per heavy atom. The van der Waals surface area contributed by atoms with E-state index in [9.17, 15) is 26.4 Å². The number of aromatic nitrogens is 1. The number of nitrogens with zero attached hydrogens (tertiary/aromatic N) is 3. The highest BCUT2D eigenvalue weighted by atomic mass is 32.2. The highest BCUT2D eigenvalue weighted by Crippen LogP contribution is 2.31. The minimum Gasteiger partial charge on any atom is -0.351 e. The Morgan fingerprint density at radius 1 is 0.949 bits per heavy atom. The lowest BCUT2D eigenvalue weighted by Crippen LogP contribution is -2.48. The molecule has 0 spiro atoms. The van der Waals surface area contributed by atoms with Crippen molar-refractivity contribution < 1.29 is 26.4 Å². The smallest absolute Gasteiger partial charge is 0.261 e. The van der Waals surface area contributed by atoms with Crippen molar-refractivity contribution >= 4 is 48.3 Å². The van der Waals surface area contributed by atoms with Crippen LogP contribution in [0.1, 0.15) is 10.4 Å². The first-order chi connectivity index (χ1) is 18.7. The molecule has 204 valence electrons. The molecule has 39 heavy (non-hydrogen) atoms. The molecule has 0 bridgehead atoms. The van der Waals surface area contributed by atoms with Crippen LogP contribution in [-0.4, -0.2) is 63.5 Å². The van der Waals surface area contributed by atoms with Gasteiger partial charge in [0.15, 0.2) is 10.9 Å². The summed E-state index contributed by atoms with van der Waals surface area (Å²) in [4.78, 5) is 21.3. The number of nitrogens with one attached hydrogen (secondary N) is 2. The molecule has 1 aliphatic heterocycles. The SMILES string of the molecule is O=C(NCCN1CCN(c2nc3c(F)cc(F)cc3s2)CC1)c1ccccc1NS(=O)(=O)c1ccc(F)cc1. The maximum atomic E-state index is 14.0. The summed E-state index contributed by atoms with van der Waals surface area (Å²) in [5.41, 5.74) is 0.439. The quantitative estimate of drug-likeness (QED) is 0.329. The molecule has 1 aromatic heterocycles. The molecule has 0 unspecified atom stereocenters. The van der Waals surface area contributed by atoms with Crippen LogP contribution in [0.4, 0.5) is 24.0 Å². The Bertz CT molecular complexity index is 1610. The summed E-state index contributed by atoms with van der Waals surface area (Å²) in [7, 11) is -4.02. The third kappa shape index (κ3) is 6.15. The number of piperazine rings is 1. The van der Waals surface area contributed by atoms with Crippen LogP contribution in [0.5, 0.6) is 0 Å². The van der Waals surface area contributed by atoms with Crippen LogP contribution in [0.25, 0.3) is 10.2 Å². The number of hydrogen-bond acceptors (Lipinski definition) is 7. The molecule has 2 heterocycles. The van der Waals surface area contributed by atoms with E-state index in [-0.39, 0.29) is 21.7 Å². The lowest BCUT2D eigenvalue weighted by Gasteiger charge is -2.34. The highest BCUT2D eigenvalue weighted by Gasteiger charge is 2.22. The molecule has 2 N–H and O–H groups in total. The van der Waals surface area contributed by atoms with Crippen molar-refractivity contribution in [2.24, 2.45) is 0 Å². The summed E-state index contributed by atoms with van der Waals surface area (Å²) in [5.74, 6) is -2.30. The third-order valence-corrected chi connectivity index (χ3v) is 8.74. The van der Waals surface area contributed by atoms with E-state index in [1.165, 1.54) is 29.5 Å². The monoisotopic (exact) mass is 575 g/mol. The van der Waals surface area contributed by atoms with Gasteiger partial charge in [-0.25, -0.2) is 26.6 Å². The molecule has 8 nitrogen and oxygen atoms in total. The third-order valence-electron chi connectivity index (χ3n) is 6.30. The first kappa shape index (κ1) is 26.9. The van der Waals surface area contributed by atoms with E-state index in [1.54, 1.807) is 12.1 Å². The molecule has 0 radical (unpaired) electrons. The van der Waals surface area contributed by atoms with Crippen LogP contribution >= 0.6 is 11.3 Å². The van der Waals surface area contributed by atoms with Gasteiger partial charge < -0.3 is 10.2 Å². The van der Waals surface area contributed by atoms with E-state index in [2.05, 4.69) is 19.9 Å². The summed E-state index contributed by atoms with van der Waals surface area (Å²) in [5, 5.41) is 3.47. The average molecular weight is 576 g/mol. The predicted octanol–water partition coefficient (Wildman–Crippen LogP) is 4.07. The van der Waals surface area contributed by atoms with Gasteiger partial charge in [0.1, 0.15) is 17.2 Å². The van der Waals surface area contributed by atoms with Gasteiger partial charge in [0.05, 0.1) is 20.8 Å². The fourth-order valence-corrected chi connectivity index (χ4v) is 6.39. The molecular weight excluding hydrogens is 551 g/mol. The van der Waals surface area contributed by atoms with Gasteiger partial charge in [-0.3, -0.25) is 14.4 Å². The Hall–Kier alpha value is -3.68. The maximum Gasteiger partial charge on any atom is 0.261 e. The zero-order valence-electron chi connectivity index (χ0n) is 20.5. The predicted molar refractivity (Wildman–Crippen MR) is 144 cm³/mol. The second-order valence-electron chi connectivity index (χ2n) is 8.92. The topological polar surface area (TPSA) is 94.6 Å². The van der Waals surface area contributed by atoms with Gasteiger partial charge >= 0.3 is 0 Å². The summed E-state index contributed by atoms with van der Waals surface area (Å²) in [6, 6.07) is 12.7. The van der Waals surface area contributed by atoms with E-state index in [1.807, 2.05) is 4.90 Å². The van der Waals surface area contributed by atoms with Crippen molar-refractivity contribution in [1.82, 2.24) is 15.2 Å². The van der Waals surface area contributed by atoms with Crippen molar-refractivity contribution in [2.75, 3.05) is 48.9 Å². The molecule has 3 aromatic carbocycles. The standard InChI is InChI=1S/C26H24F3N5O3S2/c27-17-5-7-19(8-6-17)39(36,37)32-22-4-2-1-3-20(22)25(35)30-9-10-33-11-13-34(14-12-33)26-31-24-21(29)15-18(28)16-23(24)38-26/h1-8,15-16,32H,9-14H2,(H,30,35). The number of thiazole rings is 1. The summed E-state index contributed by atoms with van der Waals surface area (Å²) >= 11 is 1.25. The van der Waals surface area contributed by atoms with Gasteiger partial charge in [0, 0.05) is 45.3 Å². The molecule has 1 aliphatic rings. The number of anilines is 2. The molecule has 13 heteroatoms. The Labute approximate surface area is 227 Å². The lowest BCUT2D eigenvalue weighted by molar-refractivity contribution is 0.0948. The van der Waals surface area contributed by atoms with Gasteiger partial charge in [-0.2, -0.15) is 0 Å². The number of sulfonamides is 1. The molecule has 0 aliphatic carbocycles. The number of carbonyl (C=O) groups excluding carboxylic acids is 1. The van der Waals surface area contributed by atoms with Crippen molar-refractivity contribution in [1.29, 1.82) is 0 Å². The van der Waals surface area contributed by atoms with Crippen LogP contribution in [0.3, 0.4) is 0 Å². The van der Waals surface area contributed by atoms with Gasteiger partial charge in [-0.1, -0.05) is 23.5 Å². The number of rotatable bonds is 8. The van der Waals surface area contributed by atoms with Gasteiger partial charge in [0.25, 0.3) is 15.9 Å². The van der Waals surface area contributed by atoms with Gasteiger partial charge in [-0.05, 0) is 42.5 Å². The fourth-order valence-electron chi connectivity index (χ4n) is 4.25. The fraction of sp³-hybridized carbons (Fsp3) is 0.231. The van der Waals surface area contributed by atoms with E-state index >= 15 is 0 Å². The second-order valence-corrected chi connectivity index (χ2v) is 11.6. The molecule has 1 saturated heterocycles. The number of hydrogen-bond donors (Lipinski definition) is 2. The first-order valence-electron chi connectivity index (χ1n) is 12.1. The van der Waals surface area contributed by atoms with E-state index in [4.69, 9.17) is 0 Å². The largest absolute Gasteiger partial charge is 0.351 e. The number of carbonyl (C=O) groups is 1. The van der Waals surface area contributed by atoms with E-state index in [0.717, 1.165) is 30.3 Å². The molecule has 4 aromatic rings. The second kappa shape index (κ2) is 11.2. The molecule has 1 amide bonds. The van der Waals surface area contributed by atoms with E-state index in [0.29, 0.717) is 49.1 Å². The molecule has 1 fully saturated rings. The van der Waals surface area contributed by atoms with Crippen molar-refractivity contribution in [3.8, 4) is 0 Å². The zero-order valence-corrected chi connectivity index (χ0v) is 22.2. The minimum atomic E-state index is -4.02. The van der Waals surface area contributed by atoms with Crippen molar-refractivity contribution in [3.05, 3.63) is 83.7 Å². The zero-order chi connectivity index (χ0) is 27.6. The number of fused-ring (bicyclic) bond motifs is 1. The number of amides is 1. The Balaban J connectivity index is 1.14. The Kier molecular flexibility index (Phi) is 7.73. The number of halogens is 3. The summed E-state index contributed by atoms with van der Waals surface area (Å²) in [6.07, 6.45) is 0. The number of para-hydroxylation sites is 1. The van der Waals surface area contributed by atoms with Crippen molar-refractivity contribution in [3.63, 3.8) is 0 Å². The van der Waals surface area contributed by atoms with Crippen LogP contribution < -0.4 is 14.9 Å². The van der Waals surface area contributed by atoms with Gasteiger partial charge in [-0.15, -0.1) is 0 Å². The Morgan fingerprint density at radius 3 is 2.41 bits per heavy atom. The molecule has 5 rings (SSSR count). The van der Waals surface area contributed by atoms with E-state index < -0.39 is 33.4 Å². The summed E-state index contributed by atoms with van der Waals surface area (Å²) in [6.45, 7) is 3.58. The lowest BCUT2D eigenvalue weighted by atomic mass is 10.1. The van der Waals surface area contributed by atoms with Crippen LogP contribution in [-0.2, 0) is 10.0 Å². The first-order valence-corrected chi connectivity index (χ1v) is 14.4. The molecular formula is C26H24F3N5O3S2. The minimum absolute atomic E-state index is 0.111. The van der Waals surface area contributed by atoms with Crippen LogP contribution in [0.15, 0.2) is 65.6 Å². The highest BCUT2D eigenvalue weighted by molar-refractivity contribution is 7.92. The van der Waals surface area contributed by atoms with Crippen LogP contribution in [0, 0.1) is 17.5 Å². The normalized spacial score (nSPS) is 14.5. The van der Waals surface area contributed by atoms with Gasteiger partial charge in [0.2, 0.25) is 0 Å².